The molecule has 1 atom stereocenters. The van der Waals surface area contributed by atoms with Crippen LogP contribution < -0.4 is 30.9 Å². The van der Waals surface area contributed by atoms with Gasteiger partial charge in [0.1, 0.15) is 11.3 Å². The summed E-state index contributed by atoms with van der Waals surface area (Å²) >= 11 is 0.980. The van der Waals surface area contributed by atoms with Gasteiger partial charge in [-0.05, 0) is 44.5 Å². The molecule has 0 bridgehead atoms. The number of rotatable bonds is 6. The van der Waals surface area contributed by atoms with Gasteiger partial charge in [0, 0.05) is 0 Å². The van der Waals surface area contributed by atoms with Crippen molar-refractivity contribution in [2.45, 2.75) is 26.8 Å². The zero-order valence-corrected chi connectivity index (χ0v) is 19.9. The van der Waals surface area contributed by atoms with Gasteiger partial charge >= 0.3 is 11.7 Å². The third kappa shape index (κ3) is 4.47. The van der Waals surface area contributed by atoms with Gasteiger partial charge in [-0.1, -0.05) is 23.5 Å². The highest BCUT2D eigenvalue weighted by Gasteiger charge is 2.33. The van der Waals surface area contributed by atoms with Crippen molar-refractivity contribution in [1.82, 2.24) is 14.5 Å². The van der Waals surface area contributed by atoms with Gasteiger partial charge in [-0.2, -0.15) is 0 Å². The number of fused-ring (bicyclic) bond motifs is 1. The van der Waals surface area contributed by atoms with Crippen LogP contribution in [0.5, 0.6) is 11.6 Å². The second kappa shape index (κ2) is 9.58. The summed E-state index contributed by atoms with van der Waals surface area (Å²) in [6.07, 6.45) is 1.17. The minimum atomic E-state index is -0.878. The molecule has 3 heterocycles. The zero-order valence-electron chi connectivity index (χ0n) is 19.1. The molecule has 0 amide bonds. The third-order valence-electron chi connectivity index (χ3n) is 5.26. The van der Waals surface area contributed by atoms with Gasteiger partial charge in [0.2, 0.25) is 5.88 Å². The first-order valence-corrected chi connectivity index (χ1v) is 11.5. The molecule has 0 spiro atoms. The summed E-state index contributed by atoms with van der Waals surface area (Å²) in [5.74, 6) is -0.637. The molecule has 0 radical (unpaired) electrons. The van der Waals surface area contributed by atoms with Crippen LogP contribution in [0.1, 0.15) is 37.9 Å². The summed E-state index contributed by atoms with van der Waals surface area (Å²) in [5.41, 5.74) is -1.33. The number of aromatic hydroxyl groups is 1. The fourth-order valence-corrected chi connectivity index (χ4v) is 4.80. The number of allylic oxidation sites excluding steroid dienone is 1. The van der Waals surface area contributed by atoms with E-state index in [1.54, 1.807) is 38.1 Å². The van der Waals surface area contributed by atoms with Crippen molar-refractivity contribution < 1.29 is 19.4 Å². The molecule has 35 heavy (non-hydrogen) atoms. The molecule has 3 N–H and O–H groups in total. The summed E-state index contributed by atoms with van der Waals surface area (Å²) in [7, 11) is 0. The first-order valence-electron chi connectivity index (χ1n) is 10.7. The maximum Gasteiger partial charge on any atom is 0.338 e. The van der Waals surface area contributed by atoms with E-state index in [-0.39, 0.29) is 22.3 Å². The number of ether oxygens (including phenoxy) is 2. The lowest BCUT2D eigenvalue weighted by Gasteiger charge is -2.24. The predicted molar refractivity (Wildman–Crippen MR) is 127 cm³/mol. The molecule has 2 aromatic heterocycles. The summed E-state index contributed by atoms with van der Waals surface area (Å²) < 4.78 is 12.2. The average Bonchev–Trinajstić information content (AvgIpc) is 3.10. The minimum absolute atomic E-state index is 0.0745. The summed E-state index contributed by atoms with van der Waals surface area (Å²) in [6, 6.07) is 6.15. The van der Waals surface area contributed by atoms with Gasteiger partial charge in [-0.25, -0.2) is 14.6 Å². The number of nitrogens with zero attached hydrogens (tertiary/aromatic N) is 2. The molecule has 1 aliphatic heterocycles. The van der Waals surface area contributed by atoms with Crippen LogP contribution >= 0.6 is 11.3 Å². The van der Waals surface area contributed by atoms with Gasteiger partial charge in [0.05, 0.1) is 35.1 Å². The van der Waals surface area contributed by atoms with E-state index in [2.05, 4.69) is 9.98 Å². The number of aromatic nitrogens is 3. The molecule has 4 rings (SSSR count). The topological polar surface area (TPSA) is 156 Å². The monoisotopic (exact) mass is 498 g/mol. The van der Waals surface area contributed by atoms with Crippen molar-refractivity contribution in [3.63, 3.8) is 0 Å². The van der Waals surface area contributed by atoms with Gasteiger partial charge in [-0.3, -0.25) is 24.1 Å². The normalized spacial score (nSPS) is 15.5. The quantitative estimate of drug-likeness (QED) is 0.412. The highest BCUT2D eigenvalue weighted by molar-refractivity contribution is 7.07. The number of H-pyrrole nitrogens is 2. The Bertz CT molecular complexity index is 1620. The molecule has 1 aliphatic rings. The van der Waals surface area contributed by atoms with Crippen molar-refractivity contribution in [2.24, 2.45) is 4.99 Å². The highest BCUT2D eigenvalue weighted by Crippen LogP contribution is 2.31. The number of carbonyl (C=O) groups is 1. The first kappa shape index (κ1) is 24.0. The lowest BCUT2D eigenvalue weighted by atomic mass is 9.96. The number of aromatic amines is 2. The smallest absolute Gasteiger partial charge is 0.338 e. The van der Waals surface area contributed by atoms with Crippen LogP contribution in [-0.4, -0.2) is 38.8 Å². The maximum absolute atomic E-state index is 13.5. The molecule has 12 heteroatoms. The lowest BCUT2D eigenvalue weighted by molar-refractivity contribution is -0.139. The van der Waals surface area contributed by atoms with Crippen LogP contribution in [0.25, 0.3) is 6.08 Å². The van der Waals surface area contributed by atoms with Crippen molar-refractivity contribution in [1.29, 1.82) is 0 Å². The number of thiazole rings is 1. The van der Waals surface area contributed by atoms with Gasteiger partial charge in [-0.15, -0.1) is 0 Å². The zero-order chi connectivity index (χ0) is 25.3. The Balaban J connectivity index is 1.96. The molecular formula is C23H22N4O7S. The molecule has 0 saturated heterocycles. The molecular weight excluding hydrogens is 476 g/mol. The Morgan fingerprint density at radius 1 is 1.17 bits per heavy atom. The summed E-state index contributed by atoms with van der Waals surface area (Å²) in [5, 5.41) is 10.0. The van der Waals surface area contributed by atoms with Crippen molar-refractivity contribution in [2.75, 3.05) is 13.2 Å². The average molecular weight is 499 g/mol. The molecule has 11 nitrogen and oxygen atoms in total. The highest BCUT2D eigenvalue weighted by atomic mass is 32.1. The fraction of sp³-hybridized carbons (Fsp3) is 0.261. The molecule has 0 unspecified atom stereocenters. The van der Waals surface area contributed by atoms with E-state index in [9.17, 15) is 24.3 Å². The Morgan fingerprint density at radius 2 is 1.89 bits per heavy atom. The van der Waals surface area contributed by atoms with E-state index in [1.807, 2.05) is 11.9 Å². The van der Waals surface area contributed by atoms with E-state index in [0.717, 1.165) is 11.3 Å². The van der Waals surface area contributed by atoms with Crippen LogP contribution in [0.3, 0.4) is 0 Å². The number of hydrogen-bond acceptors (Lipinski definition) is 9. The maximum atomic E-state index is 13.5. The van der Waals surface area contributed by atoms with E-state index >= 15 is 0 Å². The SMILES string of the molecule is CCOC(=O)C1=C(C)N=c2s/c(=C\c3c(O)[nH]c(=O)[nH]c3=O)c(=O)n2[C@H]1c1ccc(OCC)cc1. The first-order chi connectivity index (χ1) is 16.7. The van der Waals surface area contributed by atoms with Crippen molar-refractivity contribution in [3.8, 4) is 11.6 Å². The fourth-order valence-electron chi connectivity index (χ4n) is 3.77. The molecule has 0 aliphatic carbocycles. The number of hydrogen-bond donors (Lipinski definition) is 3. The van der Waals surface area contributed by atoms with Gasteiger partial charge < -0.3 is 14.6 Å². The molecule has 0 saturated carbocycles. The molecule has 182 valence electrons. The van der Waals surface area contributed by atoms with Gasteiger partial charge in [0.25, 0.3) is 11.1 Å². The van der Waals surface area contributed by atoms with Gasteiger partial charge in [0.15, 0.2) is 4.80 Å². The second-order valence-electron chi connectivity index (χ2n) is 7.47. The van der Waals surface area contributed by atoms with Crippen LogP contribution in [0.4, 0.5) is 0 Å². The standard InChI is InChI=1S/C23H22N4O7S/c1-4-33-13-8-6-12(7-9-13)17-16(21(31)34-5-2)11(3)24-23-27(17)20(30)15(35-23)10-14-18(28)25-22(32)26-19(14)29/h6-10,17H,4-5H2,1-3H3,(H3,25,26,28,29,32)/b15-10-/t17-/m0/s1. The van der Waals surface area contributed by atoms with E-state index < -0.39 is 34.7 Å². The summed E-state index contributed by atoms with van der Waals surface area (Å²) in [4.78, 5) is 58.8. The lowest BCUT2D eigenvalue weighted by Crippen LogP contribution is -2.40. The van der Waals surface area contributed by atoms with E-state index in [1.165, 1.54) is 10.6 Å². The number of benzene rings is 1. The molecule has 1 aromatic carbocycles. The van der Waals surface area contributed by atoms with Crippen LogP contribution in [0.15, 0.2) is 54.9 Å². The third-order valence-corrected chi connectivity index (χ3v) is 6.24. The Labute approximate surface area is 201 Å². The number of carbonyl (C=O) groups excluding carboxylic acids is 1. The van der Waals surface area contributed by atoms with E-state index in [4.69, 9.17) is 9.47 Å². The van der Waals surface area contributed by atoms with Crippen LogP contribution in [0.2, 0.25) is 0 Å². The minimum Gasteiger partial charge on any atom is -0.494 e. The predicted octanol–water partition coefficient (Wildman–Crippen LogP) is 0.279. The Morgan fingerprint density at radius 3 is 2.51 bits per heavy atom. The number of nitrogens with one attached hydrogen (secondary N) is 2. The Hall–Kier alpha value is -4.19. The van der Waals surface area contributed by atoms with Crippen LogP contribution in [-0.2, 0) is 9.53 Å². The summed E-state index contributed by atoms with van der Waals surface area (Å²) in [6.45, 7) is 5.83. The largest absolute Gasteiger partial charge is 0.494 e. The molecule has 0 fully saturated rings. The number of esters is 1. The van der Waals surface area contributed by atoms with Crippen molar-refractivity contribution >= 4 is 23.4 Å². The second-order valence-corrected chi connectivity index (χ2v) is 8.48. The van der Waals surface area contributed by atoms with Crippen molar-refractivity contribution in [3.05, 3.63) is 87.2 Å². The molecule has 3 aromatic rings. The van der Waals surface area contributed by atoms with E-state index in [0.29, 0.717) is 28.4 Å². The van der Waals surface area contributed by atoms with Crippen LogP contribution in [0, 0.1) is 0 Å². The Kier molecular flexibility index (Phi) is 6.56.